The zero-order valence-corrected chi connectivity index (χ0v) is 7.51. The number of hydrogen-bond acceptors (Lipinski definition) is 2. The van der Waals surface area contributed by atoms with Crippen molar-refractivity contribution in [3.63, 3.8) is 0 Å². The van der Waals surface area contributed by atoms with E-state index in [1.54, 1.807) is 0 Å². The Morgan fingerprint density at radius 3 is 2.38 bits per heavy atom. The fraction of sp³-hybridized carbons (Fsp3) is 1.00. The molecule has 8 heavy (non-hydrogen) atoms. The van der Waals surface area contributed by atoms with Crippen LogP contribution in [0.4, 0.5) is 0 Å². The molecule has 0 aromatic rings. The van der Waals surface area contributed by atoms with E-state index in [1.165, 1.54) is 0 Å². The summed E-state index contributed by atoms with van der Waals surface area (Å²) in [6, 6.07) is 0. The average molecular weight is 197 g/mol. The van der Waals surface area contributed by atoms with E-state index in [2.05, 4.69) is 2.81 Å². The Kier molecular flexibility index (Phi) is 4.82. The van der Waals surface area contributed by atoms with Crippen LogP contribution in [-0.2, 0) is 28.3 Å². The van der Waals surface area contributed by atoms with Crippen LogP contribution >= 0.6 is 0 Å². The van der Waals surface area contributed by atoms with Crippen LogP contribution in [0.2, 0.25) is 0 Å². The van der Waals surface area contributed by atoms with E-state index >= 15 is 0 Å². The van der Waals surface area contributed by atoms with Gasteiger partial charge in [-0.15, -0.1) is 0 Å². The van der Waals surface area contributed by atoms with Crippen molar-refractivity contribution in [1.29, 1.82) is 0 Å². The van der Waals surface area contributed by atoms with Crippen LogP contribution in [0, 0.1) is 5.92 Å². The van der Waals surface area contributed by atoms with Crippen LogP contribution in [0.3, 0.4) is 0 Å². The normalized spacial score (nSPS) is 10.0. The number of rotatable bonds is 3. The molecule has 0 spiro atoms. The van der Waals surface area contributed by atoms with Crippen molar-refractivity contribution in [2.75, 3.05) is 6.61 Å². The van der Waals surface area contributed by atoms with E-state index in [1.807, 2.05) is 13.8 Å². The van der Waals surface area contributed by atoms with Crippen molar-refractivity contribution in [3.8, 4) is 0 Å². The minimum atomic E-state index is -3.44. The Morgan fingerprint density at radius 2 is 2.25 bits per heavy atom. The fourth-order valence-electron chi connectivity index (χ4n) is 0.238. The van der Waals surface area contributed by atoms with Gasteiger partial charge in [0, 0.05) is 0 Å². The maximum atomic E-state index is 9.96. The van der Waals surface area contributed by atoms with Crippen LogP contribution < -0.4 is 0 Å². The zero-order chi connectivity index (χ0) is 6.57. The number of hydrogen-bond donors (Lipinski definition) is 1. The van der Waals surface area contributed by atoms with Crippen molar-refractivity contribution in [3.05, 3.63) is 0 Å². The predicted molar refractivity (Wildman–Crippen MR) is 23.7 cm³/mol. The van der Waals surface area contributed by atoms with Crippen molar-refractivity contribution < 1.29 is 31.4 Å². The van der Waals surface area contributed by atoms with E-state index in [0.29, 0.717) is 12.5 Å². The summed E-state index contributed by atoms with van der Waals surface area (Å²) in [4.78, 5) is 0. The van der Waals surface area contributed by atoms with Crippen molar-refractivity contribution in [2.45, 2.75) is 13.8 Å². The molecule has 0 aliphatic carbocycles. The van der Waals surface area contributed by atoms with Crippen LogP contribution in [0.1, 0.15) is 13.8 Å². The van der Waals surface area contributed by atoms with Gasteiger partial charge in [-0.05, 0) is 0 Å². The van der Waals surface area contributed by atoms with Gasteiger partial charge in [0.15, 0.2) is 0 Å². The summed E-state index contributed by atoms with van der Waals surface area (Å²) in [5.74, 6) is 0.353. The third-order valence-electron chi connectivity index (χ3n) is 0.540. The first-order valence-electron chi connectivity index (χ1n) is 2.48. The molecule has 48 valence electrons. The fourth-order valence-corrected chi connectivity index (χ4v) is 1.41. The van der Waals surface area contributed by atoms with Gasteiger partial charge in [-0.3, -0.25) is 0 Å². The molecule has 0 atom stereocenters. The quantitative estimate of drug-likeness (QED) is 0.714. The third kappa shape index (κ3) is 6.60. The molecule has 1 N–H and O–H groups in total. The van der Waals surface area contributed by atoms with Gasteiger partial charge in [0.1, 0.15) is 0 Å². The summed E-state index contributed by atoms with van der Waals surface area (Å²) in [6.07, 6.45) is 0. The molecule has 0 aliphatic heterocycles. The summed E-state index contributed by atoms with van der Waals surface area (Å²) in [5, 5.41) is 0. The zero-order valence-electron chi connectivity index (χ0n) is 5.05. The van der Waals surface area contributed by atoms with E-state index in [-0.39, 0.29) is 0 Å². The van der Waals surface area contributed by atoms with E-state index in [4.69, 9.17) is 3.18 Å². The molecule has 0 saturated heterocycles. The first kappa shape index (κ1) is 8.60. The molecular weight excluding hydrogens is 187 g/mol. The second kappa shape index (κ2) is 4.48. The molecular formula is C4H10O3Zr. The summed E-state index contributed by atoms with van der Waals surface area (Å²) < 4.78 is 22.7. The second-order valence-electron chi connectivity index (χ2n) is 1.97. The van der Waals surface area contributed by atoms with Gasteiger partial charge in [-0.2, -0.15) is 0 Å². The van der Waals surface area contributed by atoms with Gasteiger partial charge in [-0.25, -0.2) is 0 Å². The Labute approximate surface area is 58.0 Å². The van der Waals surface area contributed by atoms with Crippen LogP contribution in [0.15, 0.2) is 0 Å². The topological polar surface area (TPSA) is 46.5 Å². The molecule has 0 aromatic carbocycles. The van der Waals surface area contributed by atoms with Crippen LogP contribution in [-0.4, -0.2) is 9.79 Å². The van der Waals surface area contributed by atoms with Crippen LogP contribution in [0.5, 0.6) is 0 Å². The molecule has 0 aromatic heterocycles. The molecule has 0 unspecified atom stereocenters. The Balaban J connectivity index is 3.05. The summed E-state index contributed by atoms with van der Waals surface area (Å²) in [6.45, 7) is 4.28. The van der Waals surface area contributed by atoms with E-state index < -0.39 is 22.6 Å². The molecule has 0 saturated carbocycles. The SMILES string of the molecule is CC(C)C[O][Zr](=[O])[OH]. The van der Waals surface area contributed by atoms with Gasteiger partial charge in [0.25, 0.3) is 0 Å². The molecule has 0 aliphatic rings. The average Bonchev–Trinajstić information content (AvgIpc) is 1.61. The van der Waals surface area contributed by atoms with E-state index in [0.717, 1.165) is 0 Å². The van der Waals surface area contributed by atoms with Gasteiger partial charge in [-0.1, -0.05) is 0 Å². The van der Waals surface area contributed by atoms with Gasteiger partial charge in [0.2, 0.25) is 0 Å². The first-order chi connectivity index (χ1) is 3.63. The monoisotopic (exact) mass is 196 g/mol. The molecule has 0 rings (SSSR count). The molecule has 4 heteroatoms. The van der Waals surface area contributed by atoms with Crippen molar-refractivity contribution >= 4 is 0 Å². The molecule has 0 heterocycles. The minimum absolute atomic E-state index is 0.353. The van der Waals surface area contributed by atoms with E-state index in [9.17, 15) is 2.81 Å². The van der Waals surface area contributed by atoms with Crippen LogP contribution in [0.25, 0.3) is 0 Å². The van der Waals surface area contributed by atoms with Crippen molar-refractivity contribution in [1.82, 2.24) is 0 Å². The molecule has 0 fully saturated rings. The summed E-state index contributed by atoms with van der Waals surface area (Å²) >= 11 is -3.44. The maximum absolute atomic E-state index is 9.96. The Bertz CT molecular complexity index is 81.4. The second-order valence-corrected chi connectivity index (χ2v) is 3.99. The van der Waals surface area contributed by atoms with Gasteiger partial charge in [0.05, 0.1) is 0 Å². The standard InChI is InChI=1S/C4H9O.H2O.O.Zr/c1-4(2)3-5;;;/h4H,3H2,1-2H3;1H2;;/q-1;;;+2/p-1. The summed E-state index contributed by atoms with van der Waals surface area (Å²) in [5.41, 5.74) is 0. The van der Waals surface area contributed by atoms with Gasteiger partial charge >= 0.3 is 57.8 Å². The molecule has 0 radical (unpaired) electrons. The summed E-state index contributed by atoms with van der Waals surface area (Å²) in [7, 11) is 0. The third-order valence-corrected chi connectivity index (χ3v) is 1.56. The Hall–Kier alpha value is 0.603. The first-order valence-corrected chi connectivity index (χ1v) is 5.59. The Morgan fingerprint density at radius 1 is 1.75 bits per heavy atom. The predicted octanol–water partition coefficient (Wildman–Crippen LogP) is 0.445. The van der Waals surface area contributed by atoms with Crippen molar-refractivity contribution in [2.24, 2.45) is 5.92 Å². The molecule has 0 bridgehead atoms. The van der Waals surface area contributed by atoms with Gasteiger partial charge < -0.3 is 0 Å². The molecule has 0 amide bonds. The molecule has 3 nitrogen and oxygen atoms in total.